The number of nitrogens with zero attached hydrogens (tertiary/aromatic N) is 3. The quantitative estimate of drug-likeness (QED) is 0.509. The van der Waals surface area contributed by atoms with Gasteiger partial charge in [-0.3, -0.25) is 0 Å². The van der Waals surface area contributed by atoms with Gasteiger partial charge in [0, 0.05) is 6.42 Å². The fraction of sp³-hybridized carbons (Fsp3) is 0.222. The maximum Gasteiger partial charge on any atom is 0.279 e. The molecule has 88 valence electrons. The number of hydroxylamine groups is 1. The summed E-state index contributed by atoms with van der Waals surface area (Å²) >= 11 is 4.84. The van der Waals surface area contributed by atoms with Crippen LogP contribution in [-0.2, 0) is 11.3 Å². The van der Waals surface area contributed by atoms with Gasteiger partial charge in [0.1, 0.15) is 17.2 Å². The number of hydrogen-bond donors (Lipinski definition) is 3. The van der Waals surface area contributed by atoms with Crippen molar-refractivity contribution in [2.75, 3.05) is 0 Å². The third kappa shape index (κ3) is 1.87. The number of nitrogens with one attached hydrogen (secondary N) is 2. The van der Waals surface area contributed by atoms with E-state index in [2.05, 4.69) is 21.1 Å². The zero-order valence-electron chi connectivity index (χ0n) is 8.62. The molecule has 0 bridgehead atoms. The van der Waals surface area contributed by atoms with E-state index in [-0.39, 0.29) is 6.17 Å². The standard InChI is InChI=1S/C9H9N5O2S/c15-14-7-2-1-5(3-6(7)11-13-14)4-8-10-9(17)16-12-8/h1-3,8,12,15H,4H2,(H,10,17). The second-order valence-electron chi connectivity index (χ2n) is 3.71. The predicted molar refractivity (Wildman–Crippen MR) is 62.2 cm³/mol. The van der Waals surface area contributed by atoms with Crippen LogP contribution in [0.5, 0.6) is 0 Å². The van der Waals surface area contributed by atoms with Crippen molar-refractivity contribution >= 4 is 28.4 Å². The molecule has 0 radical (unpaired) electrons. The topological polar surface area (TPSA) is 84.2 Å². The van der Waals surface area contributed by atoms with Gasteiger partial charge >= 0.3 is 0 Å². The van der Waals surface area contributed by atoms with E-state index in [4.69, 9.17) is 17.1 Å². The van der Waals surface area contributed by atoms with Crippen molar-refractivity contribution in [2.24, 2.45) is 0 Å². The molecule has 0 spiro atoms. The summed E-state index contributed by atoms with van der Waals surface area (Å²) in [6.07, 6.45) is 0.637. The van der Waals surface area contributed by atoms with E-state index < -0.39 is 0 Å². The summed E-state index contributed by atoms with van der Waals surface area (Å²) in [5.41, 5.74) is 5.03. The molecule has 1 saturated heterocycles. The zero-order valence-corrected chi connectivity index (χ0v) is 9.44. The number of aromatic nitrogens is 3. The second kappa shape index (κ2) is 3.82. The monoisotopic (exact) mass is 251 g/mol. The van der Waals surface area contributed by atoms with Gasteiger partial charge in [-0.2, -0.15) is 0 Å². The molecule has 1 atom stereocenters. The summed E-state index contributed by atoms with van der Waals surface area (Å²) in [6.45, 7) is 0. The number of rotatable bonds is 2. The molecule has 0 saturated carbocycles. The van der Waals surface area contributed by atoms with Crippen molar-refractivity contribution in [3.05, 3.63) is 23.8 Å². The largest absolute Gasteiger partial charge is 0.410 e. The van der Waals surface area contributed by atoms with Gasteiger partial charge in [0.25, 0.3) is 5.17 Å². The summed E-state index contributed by atoms with van der Waals surface area (Å²) in [6, 6.07) is 5.52. The van der Waals surface area contributed by atoms with Crippen LogP contribution in [0.2, 0.25) is 0 Å². The van der Waals surface area contributed by atoms with Crippen LogP contribution in [0.4, 0.5) is 0 Å². The molecule has 0 aliphatic carbocycles. The molecule has 8 heteroatoms. The molecule has 17 heavy (non-hydrogen) atoms. The summed E-state index contributed by atoms with van der Waals surface area (Å²) in [4.78, 5) is 5.68. The van der Waals surface area contributed by atoms with Crippen LogP contribution in [0.25, 0.3) is 11.0 Å². The lowest BCUT2D eigenvalue weighted by Crippen LogP contribution is -2.33. The first-order valence-electron chi connectivity index (χ1n) is 4.99. The highest BCUT2D eigenvalue weighted by Gasteiger charge is 2.19. The summed E-state index contributed by atoms with van der Waals surface area (Å²) in [5, 5.41) is 20.0. The summed E-state index contributed by atoms with van der Waals surface area (Å²) in [7, 11) is 0. The minimum absolute atomic E-state index is 0.0517. The van der Waals surface area contributed by atoms with Gasteiger partial charge in [-0.05, 0) is 35.1 Å². The highest BCUT2D eigenvalue weighted by atomic mass is 32.1. The molecule has 1 aliphatic heterocycles. The summed E-state index contributed by atoms with van der Waals surface area (Å²) in [5.74, 6) is 0. The van der Waals surface area contributed by atoms with Crippen LogP contribution >= 0.6 is 12.2 Å². The van der Waals surface area contributed by atoms with Crippen molar-refractivity contribution in [1.82, 2.24) is 26.0 Å². The average Bonchev–Trinajstić information content (AvgIpc) is 2.87. The molecule has 2 heterocycles. The van der Waals surface area contributed by atoms with Gasteiger partial charge in [0.2, 0.25) is 0 Å². The van der Waals surface area contributed by atoms with Crippen molar-refractivity contribution in [3.63, 3.8) is 0 Å². The van der Waals surface area contributed by atoms with Crippen molar-refractivity contribution in [3.8, 4) is 0 Å². The van der Waals surface area contributed by atoms with E-state index in [0.29, 0.717) is 22.6 Å². The SMILES string of the molecule is On1nnc2cc(CC3NOC(=S)N3)ccc21. The lowest BCUT2D eigenvalue weighted by molar-refractivity contribution is 0.154. The zero-order chi connectivity index (χ0) is 11.8. The smallest absolute Gasteiger partial charge is 0.279 e. The Labute approximate surface area is 101 Å². The van der Waals surface area contributed by atoms with Crippen molar-refractivity contribution in [2.45, 2.75) is 12.6 Å². The molecular formula is C9H9N5O2S. The first kappa shape index (κ1) is 10.2. The normalized spacial score (nSPS) is 19.3. The lowest BCUT2D eigenvalue weighted by Gasteiger charge is -2.07. The Morgan fingerprint density at radius 2 is 2.41 bits per heavy atom. The van der Waals surface area contributed by atoms with Crippen LogP contribution in [-0.4, -0.2) is 31.7 Å². The van der Waals surface area contributed by atoms with Gasteiger partial charge in [-0.25, -0.2) is 0 Å². The molecule has 1 aromatic carbocycles. The molecule has 7 nitrogen and oxygen atoms in total. The minimum atomic E-state index is -0.0517. The molecule has 1 unspecified atom stereocenters. The molecule has 3 N–H and O–H groups in total. The average molecular weight is 251 g/mol. The Kier molecular flexibility index (Phi) is 2.30. The van der Waals surface area contributed by atoms with Crippen molar-refractivity contribution in [1.29, 1.82) is 0 Å². The van der Waals surface area contributed by atoms with Gasteiger partial charge in [0.15, 0.2) is 0 Å². The fourth-order valence-corrected chi connectivity index (χ4v) is 1.93. The van der Waals surface area contributed by atoms with E-state index in [1.54, 1.807) is 6.07 Å². The maximum absolute atomic E-state index is 9.30. The minimum Gasteiger partial charge on any atom is -0.410 e. The number of thiocarbonyl (C=S) groups is 1. The Morgan fingerprint density at radius 3 is 3.18 bits per heavy atom. The highest BCUT2D eigenvalue weighted by molar-refractivity contribution is 7.80. The van der Waals surface area contributed by atoms with Gasteiger partial charge < -0.3 is 15.4 Å². The van der Waals surface area contributed by atoms with Crippen molar-refractivity contribution < 1.29 is 10.0 Å². The van der Waals surface area contributed by atoms with E-state index in [9.17, 15) is 5.21 Å². The van der Waals surface area contributed by atoms with E-state index in [1.165, 1.54) is 0 Å². The predicted octanol–water partition coefficient (Wildman–Crippen LogP) is -0.0535. The molecule has 3 rings (SSSR count). The molecule has 1 aliphatic rings. The molecule has 2 aromatic rings. The number of hydrogen-bond acceptors (Lipinski definition) is 6. The van der Waals surface area contributed by atoms with Crippen LogP contribution < -0.4 is 10.8 Å². The summed E-state index contributed by atoms with van der Waals surface area (Å²) < 4.78 is 0. The Balaban J connectivity index is 1.83. The third-order valence-corrected chi connectivity index (χ3v) is 2.72. The van der Waals surface area contributed by atoms with Gasteiger partial charge in [-0.1, -0.05) is 10.9 Å². The van der Waals surface area contributed by atoms with Gasteiger partial charge in [-0.15, -0.1) is 10.6 Å². The molecule has 0 amide bonds. The molecule has 1 aromatic heterocycles. The molecular weight excluding hydrogens is 242 g/mol. The van der Waals surface area contributed by atoms with Crippen LogP contribution in [0.3, 0.4) is 0 Å². The second-order valence-corrected chi connectivity index (χ2v) is 4.08. The molecule has 1 fully saturated rings. The van der Waals surface area contributed by atoms with E-state index in [1.807, 2.05) is 12.1 Å². The number of fused-ring (bicyclic) bond motifs is 1. The lowest BCUT2D eigenvalue weighted by atomic mass is 10.1. The first-order chi connectivity index (χ1) is 8.22. The third-order valence-electron chi connectivity index (χ3n) is 2.52. The van der Waals surface area contributed by atoms with Crippen LogP contribution in [0, 0.1) is 0 Å². The maximum atomic E-state index is 9.30. The fourth-order valence-electron chi connectivity index (χ4n) is 1.74. The van der Waals surface area contributed by atoms with Crippen LogP contribution in [0.1, 0.15) is 5.56 Å². The first-order valence-corrected chi connectivity index (χ1v) is 5.40. The van der Waals surface area contributed by atoms with E-state index >= 15 is 0 Å². The Bertz CT molecular complexity index is 584. The highest BCUT2D eigenvalue weighted by Crippen LogP contribution is 2.14. The van der Waals surface area contributed by atoms with Crippen LogP contribution in [0.15, 0.2) is 18.2 Å². The number of benzene rings is 1. The van der Waals surface area contributed by atoms with Gasteiger partial charge in [0.05, 0.1) is 0 Å². The Morgan fingerprint density at radius 1 is 1.53 bits per heavy atom. The van der Waals surface area contributed by atoms with E-state index in [0.717, 1.165) is 10.4 Å². The Hall–Kier alpha value is -1.93.